The zero-order valence-electron chi connectivity index (χ0n) is 25.1. The van der Waals surface area contributed by atoms with Crippen LogP contribution in [0.2, 0.25) is 0 Å². The molecular formula is C34H36Cl2N3O6P. The molecule has 0 fully saturated rings. The van der Waals surface area contributed by atoms with Gasteiger partial charge in [-0.05, 0) is 41.0 Å². The SMILES string of the molecule is O=C(NC(Cc1ccc(NP(=O)(Oc2ccccc2)N(CCCl)CCCl)cc1)C(=O)OCc1ccccc1)OCc1ccccc1. The van der Waals surface area contributed by atoms with E-state index in [1.165, 1.54) is 0 Å². The molecule has 0 aromatic heterocycles. The number of benzene rings is 4. The number of carbonyl (C=O) groups excluding carboxylic acids is 2. The van der Waals surface area contributed by atoms with Crippen molar-refractivity contribution in [3.05, 3.63) is 132 Å². The number of halogens is 2. The molecule has 2 N–H and O–H groups in total. The van der Waals surface area contributed by atoms with Gasteiger partial charge in [-0.2, -0.15) is 0 Å². The maximum atomic E-state index is 14.2. The zero-order valence-corrected chi connectivity index (χ0v) is 27.5. The number of hydrogen-bond donors (Lipinski definition) is 2. The summed E-state index contributed by atoms with van der Waals surface area (Å²) in [6.45, 7) is 0.663. The fourth-order valence-electron chi connectivity index (χ4n) is 4.39. The number of ether oxygens (including phenoxy) is 2. The smallest absolute Gasteiger partial charge is 0.419 e. The molecule has 2 unspecified atom stereocenters. The number of alkyl carbamates (subject to hydrolysis) is 1. The molecule has 0 aliphatic carbocycles. The quantitative estimate of drug-likeness (QED) is 0.0664. The molecule has 4 rings (SSSR count). The number of hydrogen-bond acceptors (Lipinski definition) is 6. The number of alkyl halides is 2. The summed E-state index contributed by atoms with van der Waals surface area (Å²) >= 11 is 12.0. The first-order chi connectivity index (χ1) is 22.4. The van der Waals surface area contributed by atoms with Crippen LogP contribution in [0.25, 0.3) is 0 Å². The number of rotatable bonds is 17. The Hall–Kier alpha value is -4.01. The molecule has 0 bridgehead atoms. The minimum Gasteiger partial charge on any atom is -0.459 e. The molecular weight excluding hydrogens is 648 g/mol. The fraction of sp³-hybridized carbons (Fsp3) is 0.235. The van der Waals surface area contributed by atoms with Crippen molar-refractivity contribution in [1.29, 1.82) is 0 Å². The Labute approximate surface area is 279 Å². The Kier molecular flexibility index (Phi) is 13.8. The third kappa shape index (κ3) is 11.1. The van der Waals surface area contributed by atoms with Crippen molar-refractivity contribution in [1.82, 2.24) is 9.99 Å². The Balaban J connectivity index is 1.47. The van der Waals surface area contributed by atoms with E-state index in [-0.39, 0.29) is 44.5 Å². The molecule has 9 nitrogen and oxygen atoms in total. The van der Waals surface area contributed by atoms with E-state index in [1.807, 2.05) is 66.7 Å². The molecule has 0 saturated carbocycles. The van der Waals surface area contributed by atoms with Gasteiger partial charge in [0.1, 0.15) is 25.0 Å². The van der Waals surface area contributed by atoms with Crippen molar-refractivity contribution in [2.24, 2.45) is 0 Å². The molecule has 4 aromatic rings. The van der Waals surface area contributed by atoms with Gasteiger partial charge in [0.15, 0.2) is 0 Å². The Bertz CT molecular complexity index is 1540. The Morgan fingerprint density at radius 3 is 1.76 bits per heavy atom. The first-order valence-corrected chi connectivity index (χ1v) is 17.3. The van der Waals surface area contributed by atoms with Gasteiger partial charge in [0.2, 0.25) is 0 Å². The summed E-state index contributed by atoms with van der Waals surface area (Å²) in [6.07, 6.45) is -0.626. The summed E-state index contributed by atoms with van der Waals surface area (Å²) in [5.74, 6) is 0.261. The predicted molar refractivity (Wildman–Crippen MR) is 181 cm³/mol. The molecule has 4 aromatic carbocycles. The topological polar surface area (TPSA) is 106 Å². The summed E-state index contributed by atoms with van der Waals surface area (Å²) in [7, 11) is -3.69. The summed E-state index contributed by atoms with van der Waals surface area (Å²) < 4.78 is 32.7. The van der Waals surface area contributed by atoms with Crippen LogP contribution >= 0.6 is 30.9 Å². The van der Waals surface area contributed by atoms with Gasteiger partial charge in [-0.3, -0.25) is 5.09 Å². The third-order valence-electron chi connectivity index (χ3n) is 6.71. The lowest BCUT2D eigenvalue weighted by molar-refractivity contribution is -0.147. The number of carbonyl (C=O) groups is 2. The van der Waals surface area contributed by atoms with Crippen molar-refractivity contribution < 1.29 is 28.2 Å². The molecule has 1 amide bonds. The number of para-hydroxylation sites is 1. The molecule has 0 spiro atoms. The van der Waals surface area contributed by atoms with Gasteiger partial charge in [0.25, 0.3) is 0 Å². The van der Waals surface area contributed by atoms with Crippen LogP contribution < -0.4 is 14.9 Å². The van der Waals surface area contributed by atoms with Crippen molar-refractivity contribution in [3.63, 3.8) is 0 Å². The lowest BCUT2D eigenvalue weighted by Gasteiger charge is -2.31. The number of amides is 1. The van der Waals surface area contributed by atoms with Gasteiger partial charge in [-0.25, -0.2) is 18.8 Å². The predicted octanol–water partition coefficient (Wildman–Crippen LogP) is 7.65. The van der Waals surface area contributed by atoms with Crippen LogP contribution in [0, 0.1) is 0 Å². The van der Waals surface area contributed by atoms with Crippen molar-refractivity contribution in [2.45, 2.75) is 25.7 Å². The Morgan fingerprint density at radius 1 is 0.696 bits per heavy atom. The number of anilines is 1. The largest absolute Gasteiger partial charge is 0.459 e. The average molecular weight is 685 g/mol. The number of esters is 1. The van der Waals surface area contributed by atoms with E-state index < -0.39 is 25.8 Å². The van der Waals surface area contributed by atoms with Crippen LogP contribution in [0.15, 0.2) is 115 Å². The van der Waals surface area contributed by atoms with Crippen LogP contribution in [0.3, 0.4) is 0 Å². The second kappa shape index (κ2) is 18.2. The standard InChI is InChI=1S/C34H36Cl2N3O6P/c35-20-22-39(23-21-36)46(42,45-31-14-8-3-9-15-31)38-30-18-16-27(17-19-30)24-32(33(40)43-25-28-10-4-1-5-11-28)37-34(41)44-26-29-12-6-2-7-13-29/h1-19,32H,20-26H2,(H,37,41)(H,38,42). The summed E-state index contributed by atoms with van der Waals surface area (Å²) in [6, 6.07) is 33.3. The minimum atomic E-state index is -3.69. The first kappa shape index (κ1) is 34.9. The monoisotopic (exact) mass is 683 g/mol. The molecule has 0 heterocycles. The molecule has 0 aliphatic rings. The van der Waals surface area contributed by atoms with Crippen LogP contribution in [0.1, 0.15) is 16.7 Å². The van der Waals surface area contributed by atoms with E-state index in [0.717, 1.165) is 11.1 Å². The molecule has 0 radical (unpaired) electrons. The normalized spacial score (nSPS) is 12.8. The molecule has 242 valence electrons. The highest BCUT2D eigenvalue weighted by atomic mass is 35.5. The summed E-state index contributed by atoms with van der Waals surface area (Å²) in [5, 5.41) is 5.69. The van der Waals surface area contributed by atoms with Crippen LogP contribution in [0.4, 0.5) is 10.5 Å². The van der Waals surface area contributed by atoms with E-state index in [1.54, 1.807) is 53.2 Å². The van der Waals surface area contributed by atoms with E-state index in [0.29, 0.717) is 17.0 Å². The lowest BCUT2D eigenvalue weighted by Crippen LogP contribution is -2.43. The molecule has 0 saturated heterocycles. The second-order valence-electron chi connectivity index (χ2n) is 10.1. The average Bonchev–Trinajstić information content (AvgIpc) is 3.08. The van der Waals surface area contributed by atoms with Crippen LogP contribution in [-0.4, -0.2) is 47.6 Å². The highest BCUT2D eigenvalue weighted by Crippen LogP contribution is 2.50. The summed E-state index contributed by atoms with van der Waals surface area (Å²) in [5.41, 5.74) is 2.85. The first-order valence-electron chi connectivity index (χ1n) is 14.7. The van der Waals surface area contributed by atoms with Crippen molar-refractivity contribution in [2.75, 3.05) is 29.9 Å². The summed E-state index contributed by atoms with van der Waals surface area (Å²) in [4.78, 5) is 25.9. The van der Waals surface area contributed by atoms with Crippen LogP contribution in [0.5, 0.6) is 5.75 Å². The molecule has 2 atom stereocenters. The number of nitrogens with one attached hydrogen (secondary N) is 2. The van der Waals surface area contributed by atoms with Gasteiger partial charge in [0, 0.05) is 37.0 Å². The number of nitrogens with zero attached hydrogens (tertiary/aromatic N) is 1. The van der Waals surface area contributed by atoms with Gasteiger partial charge in [-0.1, -0.05) is 91.0 Å². The van der Waals surface area contributed by atoms with E-state index in [9.17, 15) is 14.2 Å². The second-order valence-corrected chi connectivity index (χ2v) is 12.9. The molecule has 12 heteroatoms. The lowest BCUT2D eigenvalue weighted by atomic mass is 10.1. The van der Waals surface area contributed by atoms with Gasteiger partial charge < -0.3 is 19.3 Å². The fourth-order valence-corrected chi connectivity index (χ4v) is 6.95. The highest BCUT2D eigenvalue weighted by Gasteiger charge is 2.33. The maximum Gasteiger partial charge on any atom is 0.419 e. The van der Waals surface area contributed by atoms with Crippen molar-refractivity contribution in [3.8, 4) is 5.75 Å². The van der Waals surface area contributed by atoms with E-state index in [4.69, 9.17) is 37.2 Å². The zero-order chi connectivity index (χ0) is 32.6. The molecule has 0 aliphatic heterocycles. The Morgan fingerprint density at radius 2 is 1.22 bits per heavy atom. The van der Waals surface area contributed by atoms with Gasteiger partial charge >= 0.3 is 19.7 Å². The highest BCUT2D eigenvalue weighted by molar-refractivity contribution is 7.58. The third-order valence-corrected chi connectivity index (χ3v) is 9.19. The molecule has 46 heavy (non-hydrogen) atoms. The van der Waals surface area contributed by atoms with E-state index >= 15 is 0 Å². The minimum absolute atomic E-state index is 0.0500. The van der Waals surface area contributed by atoms with Crippen LogP contribution in [-0.2, 0) is 38.5 Å². The van der Waals surface area contributed by atoms with Crippen molar-refractivity contribution >= 4 is 48.6 Å². The van der Waals surface area contributed by atoms with Gasteiger partial charge in [-0.15, -0.1) is 23.2 Å². The maximum absolute atomic E-state index is 14.2. The van der Waals surface area contributed by atoms with Gasteiger partial charge in [0.05, 0.1) is 0 Å². The van der Waals surface area contributed by atoms with E-state index in [2.05, 4.69) is 10.4 Å².